The van der Waals surface area contributed by atoms with Crippen molar-refractivity contribution in [1.82, 2.24) is 15.0 Å². The molecule has 0 aliphatic carbocycles. The largest absolute Gasteiger partial charge is 0.220 e. The van der Waals surface area contributed by atoms with Gasteiger partial charge in [0.05, 0.1) is 11.9 Å². The Balaban J connectivity index is 2.46. The number of hydrogen-bond acceptors (Lipinski definition) is 2. The topological polar surface area (TPSA) is 30.7 Å². The molecule has 0 fully saturated rings. The molecule has 2 aromatic rings. The normalized spacial score (nSPS) is 10.3. The lowest BCUT2D eigenvalue weighted by atomic mass is 10.3. The van der Waals surface area contributed by atoms with Gasteiger partial charge in [-0.25, -0.2) is 4.68 Å². The van der Waals surface area contributed by atoms with Gasteiger partial charge in [-0.15, -0.1) is 5.10 Å². The Labute approximate surface area is 93.8 Å². The van der Waals surface area contributed by atoms with Crippen molar-refractivity contribution >= 4 is 34.2 Å². The van der Waals surface area contributed by atoms with Crippen LogP contribution >= 0.6 is 34.2 Å². The van der Waals surface area contributed by atoms with Crippen molar-refractivity contribution in [2.24, 2.45) is 0 Å². The Morgan fingerprint density at radius 2 is 2.23 bits per heavy atom. The molecule has 1 aromatic heterocycles. The molecule has 66 valence electrons. The SMILES string of the molecule is Clc1cccc(-n2cc(I)nn2)c1. The minimum atomic E-state index is 0.697. The molecule has 13 heavy (non-hydrogen) atoms. The van der Waals surface area contributed by atoms with Crippen molar-refractivity contribution in [3.8, 4) is 5.69 Å². The summed E-state index contributed by atoms with van der Waals surface area (Å²) in [6.07, 6.45) is 1.84. The van der Waals surface area contributed by atoms with Gasteiger partial charge in [0.2, 0.25) is 0 Å². The van der Waals surface area contributed by atoms with Gasteiger partial charge in [0.1, 0.15) is 3.70 Å². The maximum Gasteiger partial charge on any atom is 0.143 e. The molecule has 0 N–H and O–H groups in total. The van der Waals surface area contributed by atoms with E-state index in [9.17, 15) is 0 Å². The van der Waals surface area contributed by atoms with E-state index in [0.717, 1.165) is 9.39 Å². The zero-order valence-corrected chi connectivity index (χ0v) is 9.40. The summed E-state index contributed by atoms with van der Waals surface area (Å²) < 4.78 is 2.55. The summed E-state index contributed by atoms with van der Waals surface area (Å²) in [4.78, 5) is 0. The highest BCUT2D eigenvalue weighted by Crippen LogP contribution is 2.14. The van der Waals surface area contributed by atoms with Crippen LogP contribution in [0.15, 0.2) is 30.5 Å². The first-order valence-electron chi connectivity index (χ1n) is 3.59. The van der Waals surface area contributed by atoms with Crippen LogP contribution in [-0.2, 0) is 0 Å². The third-order valence-corrected chi connectivity index (χ3v) is 2.27. The van der Waals surface area contributed by atoms with E-state index in [1.165, 1.54) is 0 Å². The van der Waals surface area contributed by atoms with Gasteiger partial charge in [0.15, 0.2) is 0 Å². The summed E-state index contributed by atoms with van der Waals surface area (Å²) in [7, 11) is 0. The standard InChI is InChI=1S/C8H5ClIN3/c9-6-2-1-3-7(4-6)13-5-8(10)11-12-13/h1-5H. The molecular formula is C8H5ClIN3. The fourth-order valence-corrected chi connectivity index (χ4v) is 1.53. The smallest absolute Gasteiger partial charge is 0.143 e. The molecule has 0 saturated heterocycles. The van der Waals surface area contributed by atoms with E-state index in [2.05, 4.69) is 32.9 Å². The number of nitrogens with zero attached hydrogens (tertiary/aromatic N) is 3. The molecule has 0 amide bonds. The van der Waals surface area contributed by atoms with E-state index in [1.54, 1.807) is 4.68 Å². The van der Waals surface area contributed by atoms with Crippen LogP contribution in [0.5, 0.6) is 0 Å². The van der Waals surface area contributed by atoms with Gasteiger partial charge in [0, 0.05) is 5.02 Å². The lowest BCUT2D eigenvalue weighted by molar-refractivity contribution is 0.802. The zero-order chi connectivity index (χ0) is 9.26. The Hall–Kier alpha value is -0.620. The summed E-state index contributed by atoms with van der Waals surface area (Å²) in [5.74, 6) is 0. The first-order chi connectivity index (χ1) is 6.25. The molecule has 0 bridgehead atoms. The zero-order valence-electron chi connectivity index (χ0n) is 6.48. The average molecular weight is 306 g/mol. The molecule has 2 rings (SSSR count). The van der Waals surface area contributed by atoms with Crippen LogP contribution in [0.2, 0.25) is 5.02 Å². The Morgan fingerprint density at radius 1 is 1.38 bits per heavy atom. The van der Waals surface area contributed by atoms with E-state index < -0.39 is 0 Å². The van der Waals surface area contributed by atoms with Crippen molar-refractivity contribution in [2.45, 2.75) is 0 Å². The maximum absolute atomic E-state index is 5.84. The number of hydrogen-bond donors (Lipinski definition) is 0. The summed E-state index contributed by atoms with van der Waals surface area (Å²) in [5.41, 5.74) is 0.919. The van der Waals surface area contributed by atoms with E-state index in [0.29, 0.717) is 5.02 Å². The summed E-state index contributed by atoms with van der Waals surface area (Å²) in [5, 5.41) is 8.50. The highest BCUT2D eigenvalue weighted by molar-refractivity contribution is 14.1. The Kier molecular flexibility index (Phi) is 2.50. The highest BCUT2D eigenvalue weighted by Gasteiger charge is 1.99. The van der Waals surface area contributed by atoms with Crippen molar-refractivity contribution in [1.29, 1.82) is 0 Å². The Bertz CT molecular complexity index is 427. The average Bonchev–Trinajstić information content (AvgIpc) is 2.52. The Morgan fingerprint density at radius 3 is 2.85 bits per heavy atom. The van der Waals surface area contributed by atoms with Gasteiger partial charge in [0.25, 0.3) is 0 Å². The van der Waals surface area contributed by atoms with Crippen molar-refractivity contribution in [3.05, 3.63) is 39.2 Å². The van der Waals surface area contributed by atoms with Gasteiger partial charge in [-0.2, -0.15) is 0 Å². The van der Waals surface area contributed by atoms with Crippen LogP contribution in [0.1, 0.15) is 0 Å². The monoisotopic (exact) mass is 305 g/mol. The molecule has 0 atom stereocenters. The van der Waals surface area contributed by atoms with Gasteiger partial charge in [-0.1, -0.05) is 22.9 Å². The predicted octanol–water partition coefficient (Wildman–Crippen LogP) is 2.53. The third-order valence-electron chi connectivity index (χ3n) is 1.54. The molecule has 5 heteroatoms. The van der Waals surface area contributed by atoms with E-state index >= 15 is 0 Å². The molecule has 0 radical (unpaired) electrons. The number of aromatic nitrogens is 3. The number of benzene rings is 1. The second-order valence-corrected chi connectivity index (χ2v) is 4.01. The molecule has 0 saturated carbocycles. The van der Waals surface area contributed by atoms with Crippen molar-refractivity contribution < 1.29 is 0 Å². The lowest BCUT2D eigenvalue weighted by Gasteiger charge is -1.98. The fraction of sp³-hybridized carbons (Fsp3) is 0. The van der Waals surface area contributed by atoms with Crippen LogP contribution in [0.4, 0.5) is 0 Å². The maximum atomic E-state index is 5.84. The van der Waals surface area contributed by atoms with Crippen LogP contribution in [0.25, 0.3) is 5.69 Å². The minimum Gasteiger partial charge on any atom is -0.220 e. The van der Waals surface area contributed by atoms with Gasteiger partial charge < -0.3 is 0 Å². The quantitative estimate of drug-likeness (QED) is 0.758. The van der Waals surface area contributed by atoms with Crippen LogP contribution in [0.3, 0.4) is 0 Å². The molecular weight excluding hydrogens is 300 g/mol. The highest BCUT2D eigenvalue weighted by atomic mass is 127. The van der Waals surface area contributed by atoms with Crippen LogP contribution in [0, 0.1) is 3.70 Å². The third kappa shape index (κ3) is 2.00. The molecule has 0 unspecified atom stereocenters. The second kappa shape index (κ2) is 3.63. The molecule has 0 spiro atoms. The first kappa shape index (κ1) is 8.96. The molecule has 0 aliphatic rings. The summed E-state index contributed by atoms with van der Waals surface area (Å²) in [6, 6.07) is 7.47. The number of halogens is 2. The molecule has 3 nitrogen and oxygen atoms in total. The van der Waals surface area contributed by atoms with Crippen LogP contribution < -0.4 is 0 Å². The van der Waals surface area contributed by atoms with E-state index in [1.807, 2.05) is 30.5 Å². The van der Waals surface area contributed by atoms with E-state index in [4.69, 9.17) is 11.6 Å². The number of rotatable bonds is 1. The second-order valence-electron chi connectivity index (χ2n) is 2.47. The van der Waals surface area contributed by atoms with Crippen molar-refractivity contribution in [3.63, 3.8) is 0 Å². The van der Waals surface area contributed by atoms with Gasteiger partial charge >= 0.3 is 0 Å². The summed E-state index contributed by atoms with van der Waals surface area (Å²) in [6.45, 7) is 0. The fourth-order valence-electron chi connectivity index (χ4n) is 0.988. The molecule has 1 heterocycles. The van der Waals surface area contributed by atoms with Gasteiger partial charge in [-0.3, -0.25) is 0 Å². The first-order valence-corrected chi connectivity index (χ1v) is 5.05. The predicted molar refractivity (Wildman–Crippen MR) is 59.1 cm³/mol. The van der Waals surface area contributed by atoms with Crippen LogP contribution in [-0.4, -0.2) is 15.0 Å². The minimum absolute atomic E-state index is 0.697. The summed E-state index contributed by atoms with van der Waals surface area (Å²) >= 11 is 7.95. The van der Waals surface area contributed by atoms with Crippen molar-refractivity contribution in [2.75, 3.05) is 0 Å². The van der Waals surface area contributed by atoms with E-state index in [-0.39, 0.29) is 0 Å². The molecule has 1 aromatic carbocycles. The lowest BCUT2D eigenvalue weighted by Crippen LogP contribution is -1.93. The molecule has 0 aliphatic heterocycles. The van der Waals surface area contributed by atoms with Gasteiger partial charge in [-0.05, 0) is 40.8 Å².